The van der Waals surface area contributed by atoms with Gasteiger partial charge in [-0.25, -0.2) is 4.40 Å². The number of fused-ring (bicyclic) bond motifs is 1. The van der Waals surface area contributed by atoms with Gasteiger partial charge in [0.15, 0.2) is 5.82 Å². The SMILES string of the molecule is O=c1cc(Nc2ccccc2)nc2n(-c3ccc([N+](=O)[O-])cc3)nc(-c3ccccc3)n12. The predicted octanol–water partition coefficient (Wildman–Crippen LogP) is 4.20. The lowest BCUT2D eigenvalue weighted by atomic mass is 10.2. The van der Waals surface area contributed by atoms with Crippen molar-refractivity contribution in [1.82, 2.24) is 19.2 Å². The molecular weight excluding hydrogens is 408 g/mol. The van der Waals surface area contributed by atoms with Crippen LogP contribution in [0.2, 0.25) is 0 Å². The monoisotopic (exact) mass is 424 g/mol. The lowest BCUT2D eigenvalue weighted by molar-refractivity contribution is -0.384. The summed E-state index contributed by atoms with van der Waals surface area (Å²) in [5.74, 6) is 1.07. The van der Waals surface area contributed by atoms with E-state index in [9.17, 15) is 14.9 Å². The summed E-state index contributed by atoms with van der Waals surface area (Å²) in [7, 11) is 0. The van der Waals surface area contributed by atoms with Gasteiger partial charge in [0.1, 0.15) is 5.82 Å². The number of nitrogens with zero attached hydrogens (tertiary/aromatic N) is 5. The lowest BCUT2D eigenvalue weighted by Gasteiger charge is -2.07. The van der Waals surface area contributed by atoms with Crippen molar-refractivity contribution < 1.29 is 4.92 Å². The number of anilines is 2. The van der Waals surface area contributed by atoms with Crippen molar-refractivity contribution in [2.45, 2.75) is 0 Å². The summed E-state index contributed by atoms with van der Waals surface area (Å²) >= 11 is 0. The van der Waals surface area contributed by atoms with Gasteiger partial charge in [0.25, 0.3) is 11.2 Å². The summed E-state index contributed by atoms with van der Waals surface area (Å²) in [5, 5.41) is 18.8. The first-order valence-electron chi connectivity index (χ1n) is 9.75. The van der Waals surface area contributed by atoms with E-state index >= 15 is 0 Å². The van der Waals surface area contributed by atoms with E-state index in [1.807, 2.05) is 60.7 Å². The molecule has 2 aromatic heterocycles. The molecule has 0 saturated heterocycles. The Bertz CT molecular complexity index is 1480. The Morgan fingerprint density at radius 3 is 2.19 bits per heavy atom. The summed E-state index contributed by atoms with van der Waals surface area (Å²) in [6, 6.07) is 26.0. The normalized spacial score (nSPS) is 10.9. The van der Waals surface area contributed by atoms with E-state index in [2.05, 4.69) is 15.4 Å². The van der Waals surface area contributed by atoms with Crippen LogP contribution in [0.3, 0.4) is 0 Å². The number of nitro groups is 1. The second-order valence-electron chi connectivity index (χ2n) is 6.98. The number of nitrogens with one attached hydrogen (secondary N) is 1. The maximum atomic E-state index is 13.1. The third-order valence-corrected chi connectivity index (χ3v) is 4.88. The molecule has 0 radical (unpaired) electrons. The molecule has 156 valence electrons. The fraction of sp³-hybridized carbons (Fsp3) is 0. The van der Waals surface area contributed by atoms with Crippen molar-refractivity contribution in [2.75, 3.05) is 5.32 Å². The Morgan fingerprint density at radius 1 is 0.875 bits per heavy atom. The van der Waals surface area contributed by atoms with Crippen LogP contribution in [0.4, 0.5) is 17.2 Å². The van der Waals surface area contributed by atoms with Gasteiger partial charge in [-0.1, -0.05) is 48.5 Å². The minimum atomic E-state index is -0.467. The number of hydrogen-bond acceptors (Lipinski definition) is 6. The van der Waals surface area contributed by atoms with E-state index < -0.39 is 4.92 Å². The number of benzene rings is 3. The first-order valence-corrected chi connectivity index (χ1v) is 9.75. The number of hydrogen-bond donors (Lipinski definition) is 1. The van der Waals surface area contributed by atoms with Crippen LogP contribution in [0, 0.1) is 10.1 Å². The van der Waals surface area contributed by atoms with Crippen LogP contribution in [-0.4, -0.2) is 24.1 Å². The van der Waals surface area contributed by atoms with Crippen molar-refractivity contribution in [3.05, 3.63) is 111 Å². The van der Waals surface area contributed by atoms with Crippen LogP contribution in [0.5, 0.6) is 0 Å². The molecule has 2 heterocycles. The molecule has 0 aliphatic heterocycles. The van der Waals surface area contributed by atoms with Crippen molar-refractivity contribution in [1.29, 1.82) is 0 Å². The van der Waals surface area contributed by atoms with E-state index in [0.717, 1.165) is 11.3 Å². The number of para-hydroxylation sites is 1. The predicted molar refractivity (Wildman–Crippen MR) is 120 cm³/mol. The topological polar surface area (TPSA) is 107 Å². The molecule has 0 aliphatic carbocycles. The van der Waals surface area contributed by atoms with Gasteiger partial charge in [0.05, 0.1) is 10.6 Å². The summed E-state index contributed by atoms with van der Waals surface area (Å²) in [5.41, 5.74) is 1.73. The zero-order valence-electron chi connectivity index (χ0n) is 16.6. The van der Waals surface area contributed by atoms with Crippen molar-refractivity contribution in [2.24, 2.45) is 0 Å². The molecule has 0 saturated carbocycles. The van der Waals surface area contributed by atoms with E-state index in [1.54, 1.807) is 12.1 Å². The Morgan fingerprint density at radius 2 is 1.53 bits per heavy atom. The molecule has 9 heteroatoms. The van der Waals surface area contributed by atoms with Crippen molar-refractivity contribution in [3.8, 4) is 17.1 Å². The Hall–Kier alpha value is -4.79. The molecule has 0 fully saturated rings. The summed E-state index contributed by atoms with van der Waals surface area (Å²) in [6.07, 6.45) is 0. The van der Waals surface area contributed by atoms with Gasteiger partial charge in [0.2, 0.25) is 5.78 Å². The highest BCUT2D eigenvalue weighted by Gasteiger charge is 2.18. The van der Waals surface area contributed by atoms with Gasteiger partial charge in [-0.2, -0.15) is 9.67 Å². The summed E-state index contributed by atoms with van der Waals surface area (Å²) in [6.45, 7) is 0. The lowest BCUT2D eigenvalue weighted by Crippen LogP contribution is -2.16. The van der Waals surface area contributed by atoms with Crippen molar-refractivity contribution >= 4 is 23.0 Å². The second-order valence-corrected chi connectivity index (χ2v) is 6.98. The summed E-state index contributed by atoms with van der Waals surface area (Å²) in [4.78, 5) is 28.3. The number of aromatic nitrogens is 4. The molecule has 0 aliphatic rings. The zero-order valence-corrected chi connectivity index (χ0v) is 16.6. The van der Waals surface area contributed by atoms with Crippen LogP contribution in [0.1, 0.15) is 0 Å². The van der Waals surface area contributed by atoms with Crippen LogP contribution in [0.15, 0.2) is 95.8 Å². The molecule has 0 unspecified atom stereocenters. The fourth-order valence-electron chi connectivity index (χ4n) is 3.39. The highest BCUT2D eigenvalue weighted by molar-refractivity contribution is 5.63. The fourth-order valence-corrected chi connectivity index (χ4v) is 3.39. The Kier molecular flexibility index (Phi) is 4.68. The molecule has 0 atom stereocenters. The van der Waals surface area contributed by atoms with E-state index in [0.29, 0.717) is 17.3 Å². The Balaban J connectivity index is 1.72. The number of nitro benzene ring substituents is 1. The van der Waals surface area contributed by atoms with Crippen LogP contribution in [0.25, 0.3) is 22.9 Å². The smallest absolute Gasteiger partial charge is 0.269 e. The van der Waals surface area contributed by atoms with Gasteiger partial charge in [-0.15, -0.1) is 5.10 Å². The van der Waals surface area contributed by atoms with E-state index in [1.165, 1.54) is 27.3 Å². The highest BCUT2D eigenvalue weighted by Crippen LogP contribution is 2.23. The first-order chi connectivity index (χ1) is 15.6. The summed E-state index contributed by atoms with van der Waals surface area (Å²) < 4.78 is 2.93. The zero-order chi connectivity index (χ0) is 22.1. The molecule has 5 rings (SSSR count). The van der Waals surface area contributed by atoms with Crippen LogP contribution in [-0.2, 0) is 0 Å². The quantitative estimate of drug-likeness (QED) is 0.335. The molecule has 1 N–H and O–H groups in total. The molecule has 0 bridgehead atoms. The average Bonchev–Trinajstić information content (AvgIpc) is 3.20. The molecule has 5 aromatic rings. The van der Waals surface area contributed by atoms with Crippen LogP contribution < -0.4 is 10.9 Å². The first kappa shape index (κ1) is 19.2. The standard InChI is InChI=1S/C23H16N6O3/c30-21-15-20(24-17-9-5-2-6-10-17)25-23-27(21)22(16-7-3-1-4-8-16)26-28(23)18-11-13-19(14-12-18)29(31)32/h1-15,24H. The molecule has 32 heavy (non-hydrogen) atoms. The molecule has 0 amide bonds. The second kappa shape index (κ2) is 7.80. The van der Waals surface area contributed by atoms with Crippen molar-refractivity contribution in [3.63, 3.8) is 0 Å². The average molecular weight is 424 g/mol. The maximum absolute atomic E-state index is 13.1. The van der Waals surface area contributed by atoms with Gasteiger partial charge in [0, 0.05) is 29.4 Å². The van der Waals surface area contributed by atoms with Gasteiger partial charge in [-0.05, 0) is 24.3 Å². The maximum Gasteiger partial charge on any atom is 0.269 e. The Labute approximate surface area is 181 Å². The number of non-ortho nitro benzene ring substituents is 1. The number of rotatable bonds is 5. The molecular formula is C23H16N6O3. The van der Waals surface area contributed by atoms with E-state index in [4.69, 9.17) is 0 Å². The third kappa shape index (κ3) is 3.47. The van der Waals surface area contributed by atoms with Crippen LogP contribution >= 0.6 is 0 Å². The molecule has 0 spiro atoms. The van der Waals surface area contributed by atoms with Gasteiger partial charge >= 0.3 is 0 Å². The molecule has 9 nitrogen and oxygen atoms in total. The minimum Gasteiger partial charge on any atom is -0.340 e. The largest absolute Gasteiger partial charge is 0.340 e. The molecule has 3 aromatic carbocycles. The highest BCUT2D eigenvalue weighted by atomic mass is 16.6. The van der Waals surface area contributed by atoms with E-state index in [-0.39, 0.29) is 17.0 Å². The minimum absolute atomic E-state index is 0.0370. The third-order valence-electron chi connectivity index (χ3n) is 4.88. The van der Waals surface area contributed by atoms with Gasteiger partial charge in [-0.3, -0.25) is 14.9 Å². The van der Waals surface area contributed by atoms with Gasteiger partial charge < -0.3 is 5.32 Å².